The Morgan fingerprint density at radius 1 is 1.30 bits per heavy atom. The number of nitrogen functional groups attached to an aromatic ring is 1. The fourth-order valence-corrected chi connectivity index (χ4v) is 2.57. The summed E-state index contributed by atoms with van der Waals surface area (Å²) in [5, 5.41) is 0. The van der Waals surface area contributed by atoms with Gasteiger partial charge in [-0.05, 0) is 50.7 Å². The lowest BCUT2D eigenvalue weighted by Crippen LogP contribution is -2.41. The molecule has 1 unspecified atom stereocenters. The summed E-state index contributed by atoms with van der Waals surface area (Å²) >= 11 is 0. The fraction of sp³-hybridized carbons (Fsp3) is 0.438. The van der Waals surface area contributed by atoms with Crippen molar-refractivity contribution >= 4 is 17.7 Å². The van der Waals surface area contributed by atoms with Crippen LogP contribution in [0, 0.1) is 0 Å². The highest BCUT2D eigenvalue weighted by Crippen LogP contribution is 2.11. The molecule has 1 aromatic carbocycles. The van der Waals surface area contributed by atoms with Crippen molar-refractivity contribution in [1.29, 1.82) is 0 Å². The van der Waals surface area contributed by atoms with Gasteiger partial charge in [0, 0.05) is 30.9 Å². The Bertz CT molecular complexity index is 481. The quantitative estimate of drug-likeness (QED) is 0.660. The molecule has 1 aromatic rings. The minimum atomic E-state index is 0.0876. The number of likely N-dealkylation sites (N-methyl/N-ethyl adjacent to an activating group) is 1. The molecule has 1 aliphatic rings. The Balaban J connectivity index is 2.01. The second-order valence-electron chi connectivity index (χ2n) is 5.50. The summed E-state index contributed by atoms with van der Waals surface area (Å²) < 4.78 is 0. The van der Waals surface area contributed by atoms with Crippen LogP contribution < -0.4 is 5.73 Å². The van der Waals surface area contributed by atoms with Crippen LogP contribution in [0.4, 0.5) is 5.69 Å². The predicted molar refractivity (Wildman–Crippen MR) is 83.2 cm³/mol. The third-order valence-corrected chi connectivity index (χ3v) is 3.68. The van der Waals surface area contributed by atoms with E-state index in [0.29, 0.717) is 0 Å². The summed E-state index contributed by atoms with van der Waals surface area (Å²) in [7, 11) is 2.11. The minimum Gasteiger partial charge on any atom is -0.399 e. The van der Waals surface area contributed by atoms with Crippen LogP contribution >= 0.6 is 0 Å². The van der Waals surface area contributed by atoms with E-state index in [-0.39, 0.29) is 11.9 Å². The maximum absolute atomic E-state index is 12.3. The molecule has 0 saturated carbocycles. The van der Waals surface area contributed by atoms with E-state index in [2.05, 4.69) is 18.9 Å². The van der Waals surface area contributed by atoms with Gasteiger partial charge in [-0.3, -0.25) is 4.79 Å². The first-order valence-corrected chi connectivity index (χ1v) is 7.09. The van der Waals surface area contributed by atoms with Crippen molar-refractivity contribution in [2.45, 2.75) is 19.4 Å². The van der Waals surface area contributed by atoms with Gasteiger partial charge in [-0.25, -0.2) is 0 Å². The zero-order valence-electron chi connectivity index (χ0n) is 12.2. The lowest BCUT2D eigenvalue weighted by molar-refractivity contribution is -0.127. The molecule has 20 heavy (non-hydrogen) atoms. The molecule has 0 aromatic heterocycles. The lowest BCUT2D eigenvalue weighted by atomic mass is 10.2. The average Bonchev–Trinajstić information content (AvgIpc) is 2.58. The molecule has 0 radical (unpaired) electrons. The molecule has 1 saturated heterocycles. The van der Waals surface area contributed by atoms with Crippen LogP contribution in [0.25, 0.3) is 6.08 Å². The molecule has 1 atom stereocenters. The molecule has 1 aliphatic heterocycles. The number of benzene rings is 1. The van der Waals surface area contributed by atoms with Crippen molar-refractivity contribution in [3.05, 3.63) is 35.9 Å². The summed E-state index contributed by atoms with van der Waals surface area (Å²) in [6.45, 7) is 4.92. The van der Waals surface area contributed by atoms with Gasteiger partial charge < -0.3 is 15.5 Å². The molecule has 4 heteroatoms. The first-order valence-electron chi connectivity index (χ1n) is 7.09. The Labute approximate surface area is 120 Å². The molecular formula is C16H23N3O. The summed E-state index contributed by atoms with van der Waals surface area (Å²) in [4.78, 5) is 16.5. The topological polar surface area (TPSA) is 49.6 Å². The van der Waals surface area contributed by atoms with E-state index < -0.39 is 0 Å². The monoisotopic (exact) mass is 273 g/mol. The maximum atomic E-state index is 12.3. The second kappa shape index (κ2) is 6.57. The van der Waals surface area contributed by atoms with Crippen LogP contribution in [0.3, 0.4) is 0 Å². The first kappa shape index (κ1) is 14.6. The summed E-state index contributed by atoms with van der Waals surface area (Å²) in [6.07, 6.45) is 4.54. The smallest absolute Gasteiger partial charge is 0.246 e. The van der Waals surface area contributed by atoms with Crippen LogP contribution in [0.1, 0.15) is 18.9 Å². The number of rotatable bonds is 2. The van der Waals surface area contributed by atoms with Crippen molar-refractivity contribution in [3.8, 4) is 0 Å². The Hall–Kier alpha value is -1.81. The van der Waals surface area contributed by atoms with Crippen LogP contribution in [0.5, 0.6) is 0 Å². The SMILES string of the molecule is CC1CN(C)CCCN1C(=O)/C=C/c1ccc(N)cc1. The number of carbonyl (C=O) groups is 1. The lowest BCUT2D eigenvalue weighted by Gasteiger charge is -2.26. The molecule has 108 valence electrons. The number of hydrogen-bond acceptors (Lipinski definition) is 3. The third kappa shape index (κ3) is 3.84. The zero-order chi connectivity index (χ0) is 14.5. The maximum Gasteiger partial charge on any atom is 0.246 e. The van der Waals surface area contributed by atoms with Crippen molar-refractivity contribution in [3.63, 3.8) is 0 Å². The Kier molecular flexibility index (Phi) is 4.79. The van der Waals surface area contributed by atoms with Crippen LogP contribution in [0.2, 0.25) is 0 Å². The van der Waals surface area contributed by atoms with Crippen molar-refractivity contribution in [2.75, 3.05) is 32.4 Å². The highest BCUT2D eigenvalue weighted by molar-refractivity contribution is 5.92. The van der Waals surface area contributed by atoms with E-state index in [9.17, 15) is 4.79 Å². The Morgan fingerprint density at radius 2 is 2.00 bits per heavy atom. The molecule has 1 fully saturated rings. The number of amides is 1. The first-order chi connectivity index (χ1) is 9.56. The van der Waals surface area contributed by atoms with Gasteiger partial charge in [0.1, 0.15) is 0 Å². The Morgan fingerprint density at radius 3 is 2.70 bits per heavy atom. The van der Waals surface area contributed by atoms with Gasteiger partial charge in [0.2, 0.25) is 5.91 Å². The van der Waals surface area contributed by atoms with Gasteiger partial charge >= 0.3 is 0 Å². The molecule has 4 nitrogen and oxygen atoms in total. The summed E-state index contributed by atoms with van der Waals surface area (Å²) in [5.41, 5.74) is 7.37. The summed E-state index contributed by atoms with van der Waals surface area (Å²) in [5.74, 6) is 0.0876. The molecule has 0 aliphatic carbocycles. The van der Waals surface area contributed by atoms with E-state index in [1.807, 2.05) is 35.2 Å². The molecule has 0 spiro atoms. The van der Waals surface area contributed by atoms with Crippen LogP contribution in [-0.4, -0.2) is 48.4 Å². The fourth-order valence-electron chi connectivity index (χ4n) is 2.57. The van der Waals surface area contributed by atoms with Crippen molar-refractivity contribution in [2.24, 2.45) is 0 Å². The number of nitrogens with two attached hydrogens (primary N) is 1. The van der Waals surface area contributed by atoms with Gasteiger partial charge in [0.15, 0.2) is 0 Å². The normalized spacial score (nSPS) is 21.1. The van der Waals surface area contributed by atoms with Gasteiger partial charge in [0.25, 0.3) is 0 Å². The van der Waals surface area contributed by atoms with E-state index in [0.717, 1.165) is 37.3 Å². The molecule has 1 amide bonds. The van der Waals surface area contributed by atoms with Gasteiger partial charge in [-0.15, -0.1) is 0 Å². The number of nitrogens with zero attached hydrogens (tertiary/aromatic N) is 2. The number of hydrogen-bond donors (Lipinski definition) is 1. The molecule has 0 bridgehead atoms. The largest absolute Gasteiger partial charge is 0.399 e. The van der Waals surface area contributed by atoms with Gasteiger partial charge in [-0.1, -0.05) is 12.1 Å². The van der Waals surface area contributed by atoms with Gasteiger partial charge in [-0.2, -0.15) is 0 Å². The van der Waals surface area contributed by atoms with Crippen molar-refractivity contribution in [1.82, 2.24) is 9.80 Å². The standard InChI is InChI=1S/C16H23N3O/c1-13-12-18(2)10-3-11-19(13)16(20)9-6-14-4-7-15(17)8-5-14/h4-9,13H,3,10-12,17H2,1-2H3/b9-6+. The van der Waals surface area contributed by atoms with E-state index in [1.54, 1.807) is 6.08 Å². The predicted octanol–water partition coefficient (Wildman–Crippen LogP) is 1.83. The molecule has 1 heterocycles. The molecular weight excluding hydrogens is 250 g/mol. The average molecular weight is 273 g/mol. The van der Waals surface area contributed by atoms with Crippen LogP contribution in [0.15, 0.2) is 30.3 Å². The van der Waals surface area contributed by atoms with E-state index in [4.69, 9.17) is 5.73 Å². The van der Waals surface area contributed by atoms with Gasteiger partial charge in [0.05, 0.1) is 0 Å². The highest BCUT2D eigenvalue weighted by atomic mass is 16.2. The van der Waals surface area contributed by atoms with Crippen LogP contribution in [-0.2, 0) is 4.79 Å². The van der Waals surface area contributed by atoms with E-state index in [1.165, 1.54) is 0 Å². The second-order valence-corrected chi connectivity index (χ2v) is 5.50. The minimum absolute atomic E-state index is 0.0876. The third-order valence-electron chi connectivity index (χ3n) is 3.68. The van der Waals surface area contributed by atoms with Crippen molar-refractivity contribution < 1.29 is 4.79 Å². The highest BCUT2D eigenvalue weighted by Gasteiger charge is 2.22. The summed E-state index contributed by atoms with van der Waals surface area (Å²) in [6, 6.07) is 7.77. The number of anilines is 1. The molecule has 2 N–H and O–H groups in total. The molecule has 2 rings (SSSR count). The zero-order valence-corrected chi connectivity index (χ0v) is 12.2. The van der Waals surface area contributed by atoms with E-state index >= 15 is 0 Å². The number of carbonyl (C=O) groups excluding carboxylic acids is 1.